The number of alkyl halides is 2. The molecule has 3 aliphatic rings. The molecular weight excluding hydrogens is 514 g/mol. The predicted octanol–water partition coefficient (Wildman–Crippen LogP) is 3.77. The van der Waals surface area contributed by atoms with Crippen molar-refractivity contribution in [3.63, 3.8) is 0 Å². The molecule has 1 N–H and O–H groups in total. The SMILES string of the molecule is Cc1ccc(C)n1NC(=O)c1ccc(N2C(=O)[C@@H]3[C@H]4C[C@@H]([C@H](Br)[C@H]4Br)[C@@H]3C2=O)cc1. The van der Waals surface area contributed by atoms with Gasteiger partial charge in [-0.3, -0.25) is 29.4 Å². The lowest BCUT2D eigenvalue weighted by Crippen LogP contribution is -2.37. The van der Waals surface area contributed by atoms with E-state index in [9.17, 15) is 14.4 Å². The quantitative estimate of drug-likeness (QED) is 0.481. The van der Waals surface area contributed by atoms with Crippen LogP contribution in [0.2, 0.25) is 0 Å². The highest BCUT2D eigenvalue weighted by atomic mass is 79.9. The third kappa shape index (κ3) is 2.76. The third-order valence-electron chi connectivity index (χ3n) is 6.86. The molecule has 5 rings (SSSR count). The molecule has 0 radical (unpaired) electrons. The maximum absolute atomic E-state index is 13.1. The molecule has 2 saturated carbocycles. The number of aromatic nitrogens is 1. The lowest BCUT2D eigenvalue weighted by atomic mass is 9.81. The summed E-state index contributed by atoms with van der Waals surface area (Å²) in [5.41, 5.74) is 5.72. The molecule has 0 spiro atoms. The van der Waals surface area contributed by atoms with Crippen LogP contribution < -0.4 is 10.3 Å². The number of hydrogen-bond donors (Lipinski definition) is 1. The fourth-order valence-electron chi connectivity index (χ4n) is 5.38. The minimum Gasteiger partial charge on any atom is -0.274 e. The fraction of sp³-hybridized carbons (Fsp3) is 0.409. The van der Waals surface area contributed by atoms with Crippen LogP contribution in [0.15, 0.2) is 36.4 Å². The maximum atomic E-state index is 13.1. The number of fused-ring (bicyclic) bond motifs is 5. The van der Waals surface area contributed by atoms with Crippen LogP contribution in [0.25, 0.3) is 0 Å². The van der Waals surface area contributed by atoms with Crippen LogP contribution in [-0.2, 0) is 9.59 Å². The lowest BCUT2D eigenvalue weighted by Gasteiger charge is -2.28. The fourth-order valence-corrected chi connectivity index (χ4v) is 7.25. The van der Waals surface area contributed by atoms with Crippen LogP contribution in [0.5, 0.6) is 0 Å². The molecule has 3 amide bonds. The normalized spacial score (nSPS) is 32.1. The molecule has 3 fully saturated rings. The third-order valence-corrected chi connectivity index (χ3v) is 10.1. The van der Waals surface area contributed by atoms with Crippen LogP contribution in [0, 0.1) is 37.5 Å². The first-order valence-electron chi connectivity index (χ1n) is 10.0. The molecule has 2 bridgehead atoms. The second-order valence-electron chi connectivity index (χ2n) is 8.46. The van der Waals surface area contributed by atoms with E-state index in [4.69, 9.17) is 0 Å². The number of aryl methyl sites for hydroxylation is 2. The Balaban J connectivity index is 1.37. The number of carbonyl (C=O) groups excluding carboxylic acids is 3. The molecule has 8 heteroatoms. The number of anilines is 1. The molecular formula is C22H21Br2N3O3. The number of nitrogens with zero attached hydrogens (tertiary/aromatic N) is 2. The number of imide groups is 1. The van der Waals surface area contributed by atoms with Gasteiger partial charge in [0.2, 0.25) is 11.8 Å². The van der Waals surface area contributed by atoms with Gasteiger partial charge in [0, 0.05) is 26.6 Å². The highest BCUT2D eigenvalue weighted by molar-refractivity contribution is 9.12. The van der Waals surface area contributed by atoms with E-state index in [0.717, 1.165) is 17.8 Å². The van der Waals surface area contributed by atoms with E-state index in [0.29, 0.717) is 11.3 Å². The summed E-state index contributed by atoms with van der Waals surface area (Å²) in [6.07, 6.45) is 0.907. The summed E-state index contributed by atoms with van der Waals surface area (Å²) in [6.45, 7) is 3.83. The molecule has 1 aliphatic heterocycles. The van der Waals surface area contributed by atoms with Crippen molar-refractivity contribution in [2.24, 2.45) is 23.7 Å². The van der Waals surface area contributed by atoms with Crippen molar-refractivity contribution in [3.05, 3.63) is 53.3 Å². The summed E-state index contributed by atoms with van der Waals surface area (Å²) in [7, 11) is 0. The second-order valence-corrected chi connectivity index (χ2v) is 10.6. The monoisotopic (exact) mass is 533 g/mol. The Kier molecular flexibility index (Phi) is 4.70. The number of amides is 3. The predicted molar refractivity (Wildman–Crippen MR) is 121 cm³/mol. The summed E-state index contributed by atoms with van der Waals surface area (Å²) in [5, 5.41) is 0. The number of carbonyl (C=O) groups is 3. The van der Waals surface area contributed by atoms with Gasteiger partial charge in [0.15, 0.2) is 0 Å². The van der Waals surface area contributed by atoms with Crippen molar-refractivity contribution in [2.45, 2.75) is 29.9 Å². The van der Waals surface area contributed by atoms with Crippen LogP contribution in [-0.4, -0.2) is 32.1 Å². The summed E-state index contributed by atoms with van der Waals surface area (Å²) < 4.78 is 1.73. The molecule has 30 heavy (non-hydrogen) atoms. The van der Waals surface area contributed by atoms with Gasteiger partial charge >= 0.3 is 0 Å². The number of nitrogens with one attached hydrogen (secondary N) is 1. The highest BCUT2D eigenvalue weighted by Gasteiger charge is 2.66. The number of hydrogen-bond acceptors (Lipinski definition) is 3. The Morgan fingerprint density at radius 2 is 1.40 bits per heavy atom. The lowest BCUT2D eigenvalue weighted by molar-refractivity contribution is -0.123. The van der Waals surface area contributed by atoms with Crippen molar-refractivity contribution in [1.82, 2.24) is 4.68 Å². The summed E-state index contributed by atoms with van der Waals surface area (Å²) in [5.74, 6) is -0.601. The van der Waals surface area contributed by atoms with Crippen LogP contribution >= 0.6 is 31.9 Å². The van der Waals surface area contributed by atoms with Gasteiger partial charge in [0.25, 0.3) is 5.91 Å². The first-order chi connectivity index (χ1) is 14.3. The van der Waals surface area contributed by atoms with E-state index in [1.807, 2.05) is 26.0 Å². The van der Waals surface area contributed by atoms with Gasteiger partial charge in [0.1, 0.15) is 0 Å². The zero-order chi connectivity index (χ0) is 21.3. The van der Waals surface area contributed by atoms with Crippen LogP contribution in [0.3, 0.4) is 0 Å². The molecule has 156 valence electrons. The van der Waals surface area contributed by atoms with Gasteiger partial charge in [-0.15, -0.1) is 0 Å². The van der Waals surface area contributed by atoms with Gasteiger partial charge in [0.05, 0.1) is 17.5 Å². The smallest absolute Gasteiger partial charge is 0.270 e. The van der Waals surface area contributed by atoms with E-state index in [2.05, 4.69) is 37.3 Å². The Bertz CT molecular complexity index is 1010. The second kappa shape index (κ2) is 7.05. The Labute approximate surface area is 191 Å². The summed E-state index contributed by atoms with van der Waals surface area (Å²) in [6, 6.07) is 10.5. The topological polar surface area (TPSA) is 71.4 Å². The molecule has 1 aromatic heterocycles. The average Bonchev–Trinajstić information content (AvgIpc) is 3.42. The largest absolute Gasteiger partial charge is 0.274 e. The standard InChI is InChI=1S/C22H21Br2N3O3/c1-10-3-4-11(2)27(10)25-20(28)12-5-7-13(8-6-12)26-21(29)16-14-9-15(17(16)22(26)30)19(24)18(14)23/h3-8,14-19H,9H2,1-2H3,(H,25,28)/t14-,15-,16-,17+,18+,19+/m1/s1. The molecule has 2 aliphatic carbocycles. The van der Waals surface area contributed by atoms with Crippen molar-refractivity contribution in [2.75, 3.05) is 10.3 Å². The maximum Gasteiger partial charge on any atom is 0.270 e. The van der Waals surface area contributed by atoms with Crippen LogP contribution in [0.1, 0.15) is 28.2 Å². The zero-order valence-corrected chi connectivity index (χ0v) is 19.7. The molecule has 2 heterocycles. The van der Waals surface area contributed by atoms with Gasteiger partial charge in [-0.1, -0.05) is 31.9 Å². The zero-order valence-electron chi connectivity index (χ0n) is 16.5. The number of halogens is 2. The summed E-state index contributed by atoms with van der Waals surface area (Å²) >= 11 is 7.41. The van der Waals surface area contributed by atoms with Gasteiger partial charge < -0.3 is 0 Å². The van der Waals surface area contributed by atoms with E-state index in [1.165, 1.54) is 4.90 Å². The van der Waals surface area contributed by atoms with E-state index in [1.54, 1.807) is 28.9 Å². The van der Waals surface area contributed by atoms with E-state index in [-0.39, 0.29) is 51.0 Å². The minimum absolute atomic E-state index is 0.114. The first kappa shape index (κ1) is 20.0. The van der Waals surface area contributed by atoms with Gasteiger partial charge in [-0.2, -0.15) is 0 Å². The van der Waals surface area contributed by atoms with E-state index < -0.39 is 0 Å². The van der Waals surface area contributed by atoms with Crippen molar-refractivity contribution < 1.29 is 14.4 Å². The molecule has 6 nitrogen and oxygen atoms in total. The molecule has 1 saturated heterocycles. The highest BCUT2D eigenvalue weighted by Crippen LogP contribution is 2.60. The van der Waals surface area contributed by atoms with E-state index >= 15 is 0 Å². The van der Waals surface area contributed by atoms with Crippen molar-refractivity contribution >= 4 is 55.3 Å². The van der Waals surface area contributed by atoms with Crippen LogP contribution in [0.4, 0.5) is 5.69 Å². The molecule has 1 aromatic carbocycles. The average molecular weight is 535 g/mol. The first-order valence-corrected chi connectivity index (χ1v) is 11.8. The Morgan fingerprint density at radius 3 is 1.90 bits per heavy atom. The molecule has 2 aromatic rings. The molecule has 0 unspecified atom stereocenters. The Morgan fingerprint density at radius 1 is 0.900 bits per heavy atom. The van der Waals surface area contributed by atoms with Gasteiger partial charge in [-0.25, -0.2) is 0 Å². The Hall–Kier alpha value is -1.93. The van der Waals surface area contributed by atoms with Crippen molar-refractivity contribution in [3.8, 4) is 0 Å². The minimum atomic E-state index is -0.248. The number of benzene rings is 1. The number of rotatable bonds is 3. The summed E-state index contributed by atoms with van der Waals surface area (Å²) in [4.78, 5) is 40.6. The van der Waals surface area contributed by atoms with Crippen molar-refractivity contribution in [1.29, 1.82) is 0 Å². The molecule has 6 atom stereocenters. The van der Waals surface area contributed by atoms with Gasteiger partial charge in [-0.05, 0) is 68.5 Å².